The summed E-state index contributed by atoms with van der Waals surface area (Å²) < 4.78 is 14.2. The quantitative estimate of drug-likeness (QED) is 0.0376. The molecule has 4 aromatic rings. The van der Waals surface area contributed by atoms with E-state index >= 15 is 0 Å². The van der Waals surface area contributed by atoms with Crippen LogP contribution in [0.3, 0.4) is 0 Å². The van der Waals surface area contributed by atoms with Crippen LogP contribution in [0.25, 0.3) is 29.2 Å². The molecule has 0 aliphatic rings. The van der Waals surface area contributed by atoms with Gasteiger partial charge in [0.25, 0.3) is 0 Å². The topological polar surface area (TPSA) is 27.2 Å². The van der Waals surface area contributed by atoms with Gasteiger partial charge in [0.2, 0.25) is 5.69 Å². The Morgan fingerprint density at radius 3 is 1.65 bits per heavy atom. The van der Waals surface area contributed by atoms with Crippen molar-refractivity contribution >= 4 is 78.0 Å². The molecule has 0 saturated heterocycles. The molecule has 4 nitrogen and oxygen atoms in total. The fourth-order valence-electron chi connectivity index (χ4n) is 6.63. The maximum atomic E-state index is 7.70. The Morgan fingerprint density at radius 1 is 0.582 bits per heavy atom. The number of thiophene rings is 4. The third-order valence-corrected chi connectivity index (χ3v) is 23.7. The van der Waals surface area contributed by atoms with E-state index in [0.29, 0.717) is 11.8 Å². The second-order valence-corrected chi connectivity index (χ2v) is 35.5. The van der Waals surface area contributed by atoms with Gasteiger partial charge in [0.05, 0.1) is 22.9 Å². The molecule has 9 heteroatoms. The minimum absolute atomic E-state index is 0.639. The molecule has 4 heterocycles. The number of unbranched alkanes of at least 4 members (excludes halogenated alkanes) is 8. The van der Waals surface area contributed by atoms with Gasteiger partial charge in [-0.05, 0) is 41.7 Å². The van der Waals surface area contributed by atoms with Crippen LogP contribution in [0.4, 0.5) is 11.4 Å². The van der Waals surface area contributed by atoms with Gasteiger partial charge in [0.15, 0.2) is 0 Å². The molecule has 0 saturated carbocycles. The first-order valence-corrected chi connectivity index (χ1v) is 34.4. The van der Waals surface area contributed by atoms with Crippen LogP contribution < -0.4 is 12.4 Å². The Labute approximate surface area is 355 Å². The van der Waals surface area contributed by atoms with Crippen LogP contribution in [0, 0.1) is 31.9 Å². The van der Waals surface area contributed by atoms with Crippen molar-refractivity contribution in [2.45, 2.75) is 152 Å². The van der Waals surface area contributed by atoms with Crippen LogP contribution in [0.15, 0.2) is 35.0 Å². The molecule has 0 bridgehead atoms. The van der Waals surface area contributed by atoms with Crippen molar-refractivity contribution in [2.75, 3.05) is 13.2 Å². The van der Waals surface area contributed by atoms with Gasteiger partial charge in [0.1, 0.15) is 5.75 Å². The average molecular weight is 928 g/mol. The van der Waals surface area contributed by atoms with Gasteiger partial charge < -0.3 is 4.74 Å². The van der Waals surface area contributed by atoms with Crippen molar-refractivity contribution in [1.29, 1.82) is 0 Å². The van der Waals surface area contributed by atoms with Crippen molar-refractivity contribution in [1.82, 2.24) is 0 Å². The van der Waals surface area contributed by atoms with E-state index in [9.17, 15) is 0 Å². The summed E-state index contributed by atoms with van der Waals surface area (Å²) in [6.07, 6.45) is 20.7. The van der Waals surface area contributed by atoms with Crippen LogP contribution >= 0.6 is 45.3 Å². The zero-order valence-corrected chi connectivity index (χ0v) is 41.3. The first-order valence-electron chi connectivity index (χ1n) is 21.0. The van der Waals surface area contributed by atoms with E-state index in [1.165, 1.54) is 115 Å². The fraction of sp³-hybridized carbons (Fsp3) is 0.609. The van der Waals surface area contributed by atoms with Gasteiger partial charge in [-0.25, -0.2) is 4.85 Å². The molecule has 0 fully saturated rings. The van der Waals surface area contributed by atoms with Crippen molar-refractivity contribution < 1.29 is 9.47 Å². The molecular weight excluding hydrogens is 859 g/mol. The van der Waals surface area contributed by atoms with E-state index in [1.54, 1.807) is 34.0 Å². The Bertz CT molecular complexity index is 1730. The average Bonchev–Trinajstić information content (AvgIpc) is 3.99. The van der Waals surface area contributed by atoms with Crippen LogP contribution in [0.2, 0.25) is 14.8 Å². The van der Waals surface area contributed by atoms with E-state index in [-0.39, 0.29) is 0 Å². The maximum absolute atomic E-state index is 7.70. The van der Waals surface area contributed by atoms with Crippen LogP contribution in [-0.2, 0) is 0 Å². The number of nitrogens with zero attached hydrogens (tertiary/aromatic N) is 2. The number of ether oxygens (including phenoxy) is 2. The summed E-state index contributed by atoms with van der Waals surface area (Å²) in [4.78, 5) is 20.5. The number of hydrogen-bond donors (Lipinski definition) is 0. The molecule has 2 unspecified atom stereocenters. The Morgan fingerprint density at radius 2 is 1.11 bits per heavy atom. The van der Waals surface area contributed by atoms with Crippen LogP contribution in [0.5, 0.6) is 11.5 Å². The molecule has 4 rings (SSSR count). The third kappa shape index (κ3) is 16.2. The number of hydrogen-bond acceptors (Lipinski definition) is 6. The van der Waals surface area contributed by atoms with Crippen LogP contribution in [0.1, 0.15) is 135 Å². The number of aryl methyl sites for hydroxylation is 1. The summed E-state index contributed by atoms with van der Waals surface area (Å²) in [6, 6.07) is 8.30. The first kappa shape index (κ1) is 47.6. The molecule has 0 aliphatic carbocycles. The molecule has 302 valence electrons. The predicted octanol–water partition coefficient (Wildman–Crippen LogP) is 17.2. The van der Waals surface area contributed by atoms with Gasteiger partial charge in [-0.1, -0.05) is 65.7 Å². The fourth-order valence-corrected chi connectivity index (χ4v) is 15.9. The van der Waals surface area contributed by atoms with E-state index in [2.05, 4.69) is 82.7 Å². The predicted molar refractivity (Wildman–Crippen MR) is 250 cm³/mol. The Hall–Kier alpha value is -1.82. The normalized spacial score (nSPS) is 12.4. The summed E-state index contributed by atoms with van der Waals surface area (Å²) >= 11 is 4.73. The second-order valence-electron chi connectivity index (χ2n) is 15.9. The van der Waals surface area contributed by atoms with Crippen molar-refractivity contribution in [3.63, 3.8) is 0 Å². The Kier molecular flexibility index (Phi) is 22.7. The molecule has 0 spiro atoms. The first-order chi connectivity index (χ1) is 26.6. The van der Waals surface area contributed by atoms with Crippen molar-refractivity contribution in [3.05, 3.63) is 62.7 Å². The van der Waals surface area contributed by atoms with Gasteiger partial charge in [-0.15, -0.1) is 11.3 Å². The molecule has 4 aromatic heterocycles. The third-order valence-electron chi connectivity index (χ3n) is 10.0. The molecule has 0 amide bonds. The molecule has 0 aromatic carbocycles. The van der Waals surface area contributed by atoms with E-state index < -0.39 is 18.4 Å². The molecular formula is C46H68N2O2S4Sn. The second kappa shape index (κ2) is 26.2. The SMILES string of the molecule is [C-]#[N+]c1c[c]([Sn]([CH3])([CH3])[CH3])sc1-c1sc(C)cc1OCC(CCCC)CCCCCC.[C-]#[N+]c1ccsc1-c1sccc1OCC(CCCC)CCCCCC. The smallest absolute Gasteiger partial charge is 0.492 e. The number of rotatable bonds is 25. The van der Waals surface area contributed by atoms with Gasteiger partial charge in [0, 0.05) is 0 Å². The zero-order valence-electron chi connectivity index (χ0n) is 35.2. The minimum Gasteiger partial charge on any atom is -0.492 e. The summed E-state index contributed by atoms with van der Waals surface area (Å²) in [5, 5.41) is 4.06. The van der Waals surface area contributed by atoms with Gasteiger partial charge >= 0.3 is 184 Å². The van der Waals surface area contributed by atoms with Gasteiger partial charge in [-0.3, -0.25) is 0 Å². The zero-order chi connectivity index (χ0) is 40.1. The van der Waals surface area contributed by atoms with Crippen molar-refractivity contribution in [3.8, 4) is 31.0 Å². The summed E-state index contributed by atoms with van der Waals surface area (Å²) in [5.74, 6) is 3.23. The molecule has 55 heavy (non-hydrogen) atoms. The molecule has 2 atom stereocenters. The summed E-state index contributed by atoms with van der Waals surface area (Å²) in [5.41, 5.74) is 1.55. The van der Waals surface area contributed by atoms with Gasteiger partial charge in [-0.2, -0.15) is 11.3 Å². The van der Waals surface area contributed by atoms with Crippen LogP contribution in [-0.4, -0.2) is 31.6 Å². The molecule has 0 aliphatic heterocycles. The summed E-state index contributed by atoms with van der Waals surface area (Å²) in [6.45, 7) is 27.8. The monoisotopic (exact) mass is 928 g/mol. The summed E-state index contributed by atoms with van der Waals surface area (Å²) in [7, 11) is 0. The van der Waals surface area contributed by atoms with E-state index in [1.807, 2.05) is 22.8 Å². The van der Waals surface area contributed by atoms with Crippen molar-refractivity contribution in [2.24, 2.45) is 11.8 Å². The standard InChI is InChI=1S/C22H30NOS2.C21H29NOS2.3CH3.Sn/c1-5-7-9-10-12-18(11-8-6-2)16-24-20-15-17(3)26-22(20)21-19(23-4)13-14-25-21;1-4-6-8-9-11-17(10-7-5-2)16-23-19-13-15-25-21(19)20-18(22-3)12-14-24-20;;;;/h13,15,18H,5-12,16H2,1-3H3;12-15,17H,4-11,16H2,1-2H3;3*1H3;. The molecule has 0 radical (unpaired) electrons. The Balaban J connectivity index is 0.000000300. The van der Waals surface area contributed by atoms with E-state index in [4.69, 9.17) is 22.6 Å². The minimum atomic E-state index is -2.20. The van der Waals surface area contributed by atoms with E-state index in [0.717, 1.165) is 50.7 Å². The molecule has 0 N–H and O–H groups in total.